The fourth-order valence-corrected chi connectivity index (χ4v) is 6.40. The van der Waals surface area contributed by atoms with Crippen molar-refractivity contribution >= 4 is 17.8 Å². The van der Waals surface area contributed by atoms with Gasteiger partial charge in [-0.3, -0.25) is 9.59 Å². The highest BCUT2D eigenvalue weighted by atomic mass is 16.5. The van der Waals surface area contributed by atoms with Crippen molar-refractivity contribution in [3.63, 3.8) is 0 Å². The summed E-state index contributed by atoms with van der Waals surface area (Å²) in [6.07, 6.45) is 55.3. The number of carboxylic acid groups (broad SMARTS) is 1. The number of aliphatic carboxylic acids is 1. The standard InChI is InChI=1S/C49H84N2O5/c1-3-5-7-9-11-13-15-17-19-21-23-25-27-30-34-39-45(40-35-31-29-32-36-42-47(52)51-46(49(54)55)41-38-44-50)56-48(53)43-37-33-28-26-24-22-20-18-16-14-12-10-8-6-4-2/h6,8,12,14,18,20-21,23-24,26,33,37,45-46H,3-5,7,9-11,13,15-17,19,22,25,27-32,34-36,38-44,50H2,1-2H3,(H,51,52)(H,54,55)/b8-6-,14-12-,20-18-,23-21-,26-24-,37-33-. The summed E-state index contributed by atoms with van der Waals surface area (Å²) in [6, 6.07) is -0.868. The second kappa shape index (κ2) is 42.9. The van der Waals surface area contributed by atoms with Crippen molar-refractivity contribution in [1.29, 1.82) is 0 Å². The van der Waals surface area contributed by atoms with Crippen LogP contribution in [0, 0.1) is 0 Å². The Morgan fingerprint density at radius 3 is 1.54 bits per heavy atom. The van der Waals surface area contributed by atoms with Gasteiger partial charge in [0.1, 0.15) is 12.1 Å². The molecule has 0 rings (SSSR count). The molecule has 2 unspecified atom stereocenters. The van der Waals surface area contributed by atoms with Crippen LogP contribution >= 0.6 is 0 Å². The number of amides is 1. The van der Waals surface area contributed by atoms with Gasteiger partial charge in [0.05, 0.1) is 6.42 Å². The molecule has 7 heteroatoms. The minimum atomic E-state index is -1.01. The van der Waals surface area contributed by atoms with Gasteiger partial charge in [0, 0.05) is 6.42 Å². The lowest BCUT2D eigenvalue weighted by molar-refractivity contribution is -0.148. The lowest BCUT2D eigenvalue weighted by atomic mass is 10.0. The summed E-state index contributed by atoms with van der Waals surface area (Å²) in [5, 5.41) is 11.9. The van der Waals surface area contributed by atoms with Gasteiger partial charge in [-0.1, -0.05) is 157 Å². The Labute approximate surface area is 343 Å². The maximum atomic E-state index is 12.8. The number of hydrogen-bond acceptors (Lipinski definition) is 5. The van der Waals surface area contributed by atoms with Gasteiger partial charge < -0.3 is 20.9 Å². The number of rotatable bonds is 40. The zero-order valence-corrected chi connectivity index (χ0v) is 36.0. The molecular weight excluding hydrogens is 697 g/mol. The average Bonchev–Trinajstić information content (AvgIpc) is 3.18. The fourth-order valence-electron chi connectivity index (χ4n) is 6.40. The summed E-state index contributed by atoms with van der Waals surface area (Å²) in [6.45, 7) is 4.82. The molecule has 0 fully saturated rings. The molecule has 56 heavy (non-hydrogen) atoms. The predicted molar refractivity (Wildman–Crippen MR) is 239 cm³/mol. The monoisotopic (exact) mass is 781 g/mol. The molecule has 0 bridgehead atoms. The van der Waals surface area contributed by atoms with Crippen LogP contribution in [0.15, 0.2) is 72.9 Å². The number of nitrogens with one attached hydrogen (secondary N) is 1. The molecule has 0 aromatic heterocycles. The SMILES string of the molecule is CC/C=C\C/C=C\C/C=C\C/C=C\C/C=C\CC(=O)OC(CCCCC/C=C\CCCCCCCCCC)CCCCCCCC(=O)NC(CCCN)C(=O)O. The van der Waals surface area contributed by atoms with E-state index in [0.717, 1.165) is 96.3 Å². The molecule has 320 valence electrons. The first-order chi connectivity index (χ1) is 27.4. The first-order valence-electron chi connectivity index (χ1n) is 22.8. The van der Waals surface area contributed by atoms with E-state index in [4.69, 9.17) is 10.5 Å². The quantitative estimate of drug-likeness (QED) is 0.0324. The predicted octanol–water partition coefficient (Wildman–Crippen LogP) is 13.1. The van der Waals surface area contributed by atoms with E-state index >= 15 is 0 Å². The molecule has 1 amide bonds. The van der Waals surface area contributed by atoms with Gasteiger partial charge in [-0.05, 0) is 109 Å². The van der Waals surface area contributed by atoms with Gasteiger partial charge in [-0.25, -0.2) is 4.79 Å². The molecule has 0 heterocycles. The summed E-state index contributed by atoms with van der Waals surface area (Å²) in [5.74, 6) is -1.38. The molecule has 0 radical (unpaired) electrons. The molecule has 0 aliphatic rings. The van der Waals surface area contributed by atoms with Gasteiger partial charge in [0.15, 0.2) is 0 Å². The van der Waals surface area contributed by atoms with Crippen LogP contribution in [0.4, 0.5) is 0 Å². The van der Waals surface area contributed by atoms with Crippen LogP contribution in [0.25, 0.3) is 0 Å². The summed E-state index contributed by atoms with van der Waals surface area (Å²) in [4.78, 5) is 36.4. The first-order valence-corrected chi connectivity index (χ1v) is 22.8. The number of carbonyl (C=O) groups is 3. The Hall–Kier alpha value is -3.19. The highest BCUT2D eigenvalue weighted by molar-refractivity contribution is 5.83. The van der Waals surface area contributed by atoms with Crippen LogP contribution in [0.2, 0.25) is 0 Å². The molecular formula is C49H84N2O5. The van der Waals surface area contributed by atoms with E-state index in [1.165, 1.54) is 64.2 Å². The number of esters is 1. The van der Waals surface area contributed by atoms with Crippen LogP contribution < -0.4 is 11.1 Å². The van der Waals surface area contributed by atoms with Crippen LogP contribution in [0.1, 0.15) is 200 Å². The number of ether oxygens (including phenoxy) is 1. The Balaban J connectivity index is 4.52. The number of carbonyl (C=O) groups excluding carboxylic acids is 2. The Morgan fingerprint density at radius 1 is 0.554 bits per heavy atom. The molecule has 0 aliphatic carbocycles. The molecule has 0 aliphatic heterocycles. The normalized spacial score (nSPS) is 13.3. The average molecular weight is 781 g/mol. The van der Waals surface area contributed by atoms with E-state index in [2.05, 4.69) is 79.9 Å². The van der Waals surface area contributed by atoms with Crippen molar-refractivity contribution in [3.05, 3.63) is 72.9 Å². The Morgan fingerprint density at radius 2 is 1.02 bits per heavy atom. The summed E-state index contributed by atoms with van der Waals surface area (Å²) >= 11 is 0. The molecule has 0 aromatic rings. The van der Waals surface area contributed by atoms with Crippen LogP contribution in [-0.4, -0.2) is 41.6 Å². The number of nitrogens with two attached hydrogens (primary N) is 1. The third kappa shape index (κ3) is 39.1. The van der Waals surface area contributed by atoms with Gasteiger partial charge in [-0.15, -0.1) is 0 Å². The van der Waals surface area contributed by atoms with Crippen molar-refractivity contribution in [2.24, 2.45) is 5.73 Å². The van der Waals surface area contributed by atoms with E-state index < -0.39 is 12.0 Å². The molecule has 0 aromatic carbocycles. The van der Waals surface area contributed by atoms with Crippen LogP contribution in [0.5, 0.6) is 0 Å². The van der Waals surface area contributed by atoms with Crippen LogP contribution in [-0.2, 0) is 19.1 Å². The van der Waals surface area contributed by atoms with Crippen molar-refractivity contribution in [1.82, 2.24) is 5.32 Å². The van der Waals surface area contributed by atoms with Gasteiger partial charge >= 0.3 is 11.9 Å². The van der Waals surface area contributed by atoms with E-state index in [-0.39, 0.29) is 18.0 Å². The molecule has 0 spiro atoms. The first kappa shape index (κ1) is 52.8. The summed E-state index contributed by atoms with van der Waals surface area (Å²) in [7, 11) is 0. The molecule has 0 saturated carbocycles. The highest BCUT2D eigenvalue weighted by Gasteiger charge is 2.19. The van der Waals surface area contributed by atoms with Crippen LogP contribution in [0.3, 0.4) is 0 Å². The lowest BCUT2D eigenvalue weighted by Gasteiger charge is -2.18. The molecule has 4 N–H and O–H groups in total. The molecule has 7 nitrogen and oxygen atoms in total. The van der Waals surface area contributed by atoms with E-state index in [1.807, 2.05) is 12.2 Å². The van der Waals surface area contributed by atoms with Crippen molar-refractivity contribution in [2.45, 2.75) is 212 Å². The largest absolute Gasteiger partial charge is 0.480 e. The highest BCUT2D eigenvalue weighted by Crippen LogP contribution is 2.18. The third-order valence-electron chi connectivity index (χ3n) is 9.79. The summed E-state index contributed by atoms with van der Waals surface area (Å²) in [5.41, 5.74) is 5.49. The second-order valence-electron chi connectivity index (χ2n) is 15.1. The van der Waals surface area contributed by atoms with Crippen molar-refractivity contribution < 1.29 is 24.2 Å². The summed E-state index contributed by atoms with van der Waals surface area (Å²) < 4.78 is 5.98. The second-order valence-corrected chi connectivity index (χ2v) is 15.1. The maximum Gasteiger partial charge on any atom is 0.326 e. The van der Waals surface area contributed by atoms with E-state index in [1.54, 1.807) is 0 Å². The number of hydrogen-bond donors (Lipinski definition) is 3. The van der Waals surface area contributed by atoms with E-state index in [9.17, 15) is 19.5 Å². The van der Waals surface area contributed by atoms with Crippen molar-refractivity contribution in [2.75, 3.05) is 6.54 Å². The number of unbranched alkanes of at least 4 members (excludes halogenated alkanes) is 15. The fraction of sp³-hybridized carbons (Fsp3) is 0.694. The Bertz CT molecular complexity index is 1110. The Kier molecular flexibility index (Phi) is 40.5. The zero-order valence-electron chi connectivity index (χ0n) is 36.0. The number of carboxylic acids is 1. The lowest BCUT2D eigenvalue weighted by Crippen LogP contribution is -2.40. The molecule has 0 saturated heterocycles. The smallest absolute Gasteiger partial charge is 0.326 e. The van der Waals surface area contributed by atoms with Gasteiger partial charge in [-0.2, -0.15) is 0 Å². The van der Waals surface area contributed by atoms with Gasteiger partial charge in [0.2, 0.25) is 5.91 Å². The number of allylic oxidation sites excluding steroid dienone is 11. The maximum absolute atomic E-state index is 12.8. The van der Waals surface area contributed by atoms with E-state index in [0.29, 0.717) is 32.2 Å². The third-order valence-corrected chi connectivity index (χ3v) is 9.79. The topological polar surface area (TPSA) is 119 Å². The van der Waals surface area contributed by atoms with Gasteiger partial charge in [0.25, 0.3) is 0 Å². The minimum absolute atomic E-state index is 0.0602. The minimum Gasteiger partial charge on any atom is -0.480 e. The zero-order chi connectivity index (χ0) is 41.0. The van der Waals surface area contributed by atoms with Crippen molar-refractivity contribution in [3.8, 4) is 0 Å². The molecule has 2 atom stereocenters.